The third-order valence-corrected chi connectivity index (χ3v) is 9.28. The maximum Gasteiger partial charge on any atom is 0.280 e. The maximum absolute atomic E-state index is 12.9. The Labute approximate surface area is 329 Å². The van der Waals surface area contributed by atoms with E-state index in [1.807, 2.05) is 48.5 Å². The molecule has 0 bridgehead atoms. The Morgan fingerprint density at radius 2 is 1.43 bits per heavy atom. The van der Waals surface area contributed by atoms with Crippen LogP contribution in [0.5, 0.6) is 0 Å². The summed E-state index contributed by atoms with van der Waals surface area (Å²) in [5.74, 6) is -1.32. The molecule has 56 heavy (non-hydrogen) atoms. The van der Waals surface area contributed by atoms with Gasteiger partial charge in [0.1, 0.15) is 18.3 Å². The molecule has 0 radical (unpaired) electrons. The number of aliphatic imine (C=N–C) groups is 1. The summed E-state index contributed by atoms with van der Waals surface area (Å²) in [6.07, 6.45) is -1.90. The molecule has 0 saturated heterocycles. The number of carbonyl (C=O) groups is 2. The number of nitrogens with two attached hydrogens (primary N) is 4. The quantitative estimate of drug-likeness (QED) is 0.0318. The van der Waals surface area contributed by atoms with Crippen LogP contribution in [-0.4, -0.2) is 110 Å². The molecule has 5 atom stereocenters. The van der Waals surface area contributed by atoms with Crippen molar-refractivity contribution in [3.05, 3.63) is 88.2 Å². The van der Waals surface area contributed by atoms with Crippen molar-refractivity contribution in [3.63, 3.8) is 0 Å². The van der Waals surface area contributed by atoms with Gasteiger partial charge < -0.3 is 59.1 Å². The summed E-state index contributed by atoms with van der Waals surface area (Å²) in [5.41, 5.74) is 26.9. The minimum atomic E-state index is -1.66. The first kappa shape index (κ1) is 43.7. The molecule has 16 N–H and O–H groups in total. The summed E-state index contributed by atoms with van der Waals surface area (Å²) in [4.78, 5) is 37.1. The first-order valence-corrected chi connectivity index (χ1v) is 18.5. The van der Waals surface area contributed by atoms with Crippen LogP contribution in [0.2, 0.25) is 5.15 Å². The Kier molecular flexibility index (Phi) is 16.7. The van der Waals surface area contributed by atoms with Gasteiger partial charge >= 0.3 is 0 Å². The minimum absolute atomic E-state index is 0.00205. The molecule has 0 aliphatic heterocycles. The lowest BCUT2D eigenvalue weighted by Crippen LogP contribution is -2.49. The summed E-state index contributed by atoms with van der Waals surface area (Å²) >= 11 is 5.83. The largest absolute Gasteiger partial charge is 0.394 e. The molecular weight excluding hydrogens is 744 g/mol. The highest BCUT2D eigenvalue weighted by Crippen LogP contribution is 2.21. The number of hydrogen-bond acceptors (Lipinski definition) is 14. The molecule has 4 rings (SSSR count). The number of halogens is 1. The number of aryl methyl sites for hydroxylation is 2. The Bertz CT molecular complexity index is 1950. The zero-order valence-corrected chi connectivity index (χ0v) is 31.6. The van der Waals surface area contributed by atoms with Crippen molar-refractivity contribution >= 4 is 57.5 Å². The molecule has 0 spiro atoms. The van der Waals surface area contributed by atoms with E-state index in [1.165, 1.54) is 0 Å². The number of unbranched alkanes of at least 4 members (excludes halogenated alkanes) is 1. The van der Waals surface area contributed by atoms with Crippen molar-refractivity contribution in [3.8, 4) is 0 Å². The number of aliphatic hydroxyl groups excluding tert-OH is 5. The average Bonchev–Trinajstić information content (AvgIpc) is 3.18. The topological polar surface area (TPSA) is 314 Å². The molecule has 4 aromatic rings. The highest BCUT2D eigenvalue weighted by Gasteiger charge is 2.29. The second-order valence-corrected chi connectivity index (χ2v) is 13.8. The molecule has 0 aliphatic carbocycles. The van der Waals surface area contributed by atoms with Crippen molar-refractivity contribution < 1.29 is 35.1 Å². The number of aliphatic hydroxyl groups is 5. The van der Waals surface area contributed by atoms with Crippen LogP contribution in [0.1, 0.15) is 46.4 Å². The minimum Gasteiger partial charge on any atom is -0.394 e. The number of guanidine groups is 1. The Morgan fingerprint density at radius 1 is 0.804 bits per heavy atom. The SMILES string of the molecule is NC(=NCCCCc1ccc2cc(C[C@H](N)C(=O)Nc3ccc(CCCNC[C@H](O)[C@@H](O)[C@H](O)[C@H](O)CO)cc3)ccc2c1)NC(=O)c1nc(Cl)c(N)nc1N. The number of fused-ring (bicyclic) bond motifs is 1. The van der Waals surface area contributed by atoms with Crippen LogP contribution in [0.4, 0.5) is 17.3 Å². The zero-order chi connectivity index (χ0) is 40.8. The van der Waals surface area contributed by atoms with Crippen LogP contribution in [0.15, 0.2) is 65.7 Å². The van der Waals surface area contributed by atoms with Gasteiger partial charge in [0.05, 0.1) is 18.8 Å². The molecule has 17 nitrogen and oxygen atoms in total. The third kappa shape index (κ3) is 13.1. The van der Waals surface area contributed by atoms with Crippen LogP contribution in [0.25, 0.3) is 10.8 Å². The van der Waals surface area contributed by atoms with Crippen molar-refractivity contribution in [1.82, 2.24) is 20.6 Å². The second kappa shape index (κ2) is 21.4. The number of anilines is 3. The van der Waals surface area contributed by atoms with Crippen molar-refractivity contribution in [1.29, 1.82) is 0 Å². The van der Waals surface area contributed by atoms with E-state index in [1.54, 1.807) is 0 Å². The Hall–Kier alpha value is -4.98. The molecule has 2 amide bonds. The molecule has 18 heteroatoms. The molecule has 0 aliphatic rings. The number of hydrogen-bond donors (Lipinski definition) is 12. The van der Waals surface area contributed by atoms with Gasteiger partial charge in [-0.25, -0.2) is 9.97 Å². The van der Waals surface area contributed by atoms with E-state index in [-0.39, 0.29) is 40.9 Å². The van der Waals surface area contributed by atoms with E-state index < -0.39 is 43.0 Å². The fourth-order valence-corrected chi connectivity index (χ4v) is 5.91. The van der Waals surface area contributed by atoms with E-state index in [0.29, 0.717) is 25.2 Å². The van der Waals surface area contributed by atoms with Crippen LogP contribution < -0.4 is 38.9 Å². The Balaban J connectivity index is 1.15. The van der Waals surface area contributed by atoms with Crippen molar-refractivity contribution in [2.24, 2.45) is 16.5 Å². The zero-order valence-electron chi connectivity index (χ0n) is 30.8. The monoisotopic (exact) mass is 794 g/mol. The highest BCUT2D eigenvalue weighted by atomic mass is 35.5. The summed E-state index contributed by atoms with van der Waals surface area (Å²) < 4.78 is 0. The number of aromatic nitrogens is 2. The van der Waals surface area contributed by atoms with Gasteiger partial charge in [0, 0.05) is 18.8 Å². The standard InChI is InChI=1S/C38H51ClN10O7/c39-33-35(42)48-34(41)30(47-33)37(56)49-38(43)45-15-2-1-4-22-6-10-25-17-23(7-11-24(25)16-22)18-27(40)36(55)46-26-12-8-21(9-13-26)5-3-14-44-19-28(51)31(53)32(54)29(52)20-50/h6-13,16-17,27-29,31-32,44,50-54H,1-5,14-15,18-20,40H2,(H,46,55)(H4,41,42,48)(H3,43,45,49,56)/t27-,28-,29+,31+,32+/m0/s1. The van der Waals surface area contributed by atoms with Gasteiger partial charge in [-0.1, -0.05) is 60.1 Å². The molecule has 1 heterocycles. The smallest absolute Gasteiger partial charge is 0.280 e. The summed E-state index contributed by atoms with van der Waals surface area (Å²) in [6.45, 7) is 0.207. The van der Waals surface area contributed by atoms with E-state index in [2.05, 4.69) is 43.0 Å². The number of nitrogens with zero attached hydrogens (tertiary/aromatic N) is 3. The molecule has 302 valence electrons. The lowest BCUT2D eigenvalue weighted by Gasteiger charge is -2.25. The van der Waals surface area contributed by atoms with E-state index in [9.17, 15) is 30.0 Å². The number of rotatable bonds is 20. The number of nitrogen functional groups attached to an aromatic ring is 2. The Morgan fingerprint density at radius 3 is 2.12 bits per heavy atom. The molecule has 0 unspecified atom stereocenters. The summed E-state index contributed by atoms with van der Waals surface area (Å²) in [6, 6.07) is 19.0. The number of benzene rings is 3. The fraction of sp³-hybridized carbons (Fsp3) is 0.395. The third-order valence-electron chi connectivity index (χ3n) is 9.00. The van der Waals surface area contributed by atoms with Gasteiger partial charge in [-0.3, -0.25) is 19.9 Å². The maximum atomic E-state index is 12.9. The van der Waals surface area contributed by atoms with Crippen LogP contribution in [0.3, 0.4) is 0 Å². The van der Waals surface area contributed by atoms with Gasteiger partial charge in [-0.15, -0.1) is 0 Å². The predicted molar refractivity (Wildman–Crippen MR) is 216 cm³/mol. The highest BCUT2D eigenvalue weighted by molar-refractivity contribution is 6.31. The van der Waals surface area contributed by atoms with Gasteiger partial charge in [0.25, 0.3) is 5.91 Å². The molecule has 1 aromatic heterocycles. The normalized spacial score (nSPS) is 14.5. The van der Waals surface area contributed by atoms with Gasteiger partial charge in [-0.2, -0.15) is 0 Å². The van der Waals surface area contributed by atoms with Gasteiger partial charge in [-0.05, 0) is 84.7 Å². The predicted octanol–water partition coefficient (Wildman–Crippen LogP) is -0.0184. The van der Waals surface area contributed by atoms with Gasteiger partial charge in [0.2, 0.25) is 5.91 Å². The summed E-state index contributed by atoms with van der Waals surface area (Å²) in [7, 11) is 0. The van der Waals surface area contributed by atoms with Gasteiger partial charge in [0.15, 0.2) is 28.4 Å². The number of amides is 2. The van der Waals surface area contributed by atoms with Crippen LogP contribution in [0, 0.1) is 0 Å². The molecule has 3 aromatic carbocycles. The first-order valence-electron chi connectivity index (χ1n) is 18.2. The number of carbonyl (C=O) groups excluding carboxylic acids is 2. The van der Waals surface area contributed by atoms with Crippen molar-refractivity contribution in [2.45, 2.75) is 69.0 Å². The lowest BCUT2D eigenvalue weighted by molar-refractivity contribution is -0.117. The molecule has 0 fully saturated rings. The fourth-order valence-electron chi connectivity index (χ4n) is 5.78. The van der Waals surface area contributed by atoms with Crippen LogP contribution >= 0.6 is 11.6 Å². The lowest BCUT2D eigenvalue weighted by atomic mass is 9.98. The average molecular weight is 795 g/mol. The number of nitrogens with one attached hydrogen (secondary N) is 3. The van der Waals surface area contributed by atoms with Crippen molar-refractivity contribution in [2.75, 3.05) is 43.0 Å². The molecule has 0 saturated carbocycles. The first-order chi connectivity index (χ1) is 26.7. The second-order valence-electron chi connectivity index (χ2n) is 13.4. The van der Waals surface area contributed by atoms with Crippen LogP contribution in [-0.2, 0) is 24.1 Å². The molecular formula is C38H51ClN10O7. The summed E-state index contributed by atoms with van der Waals surface area (Å²) in [5, 5.41) is 58.1. The van der Waals surface area contributed by atoms with E-state index in [4.69, 9.17) is 39.6 Å². The van der Waals surface area contributed by atoms with E-state index in [0.717, 1.165) is 59.6 Å². The van der Waals surface area contributed by atoms with E-state index >= 15 is 0 Å².